The van der Waals surface area contributed by atoms with Crippen LogP contribution in [-0.4, -0.2) is 65.6 Å². The summed E-state index contributed by atoms with van der Waals surface area (Å²) in [4.78, 5) is 24.2. The molecule has 7 heteroatoms. The summed E-state index contributed by atoms with van der Waals surface area (Å²) in [6.45, 7) is 2.33. The Morgan fingerprint density at radius 1 is 1.50 bits per heavy atom. The van der Waals surface area contributed by atoms with Gasteiger partial charge in [-0.1, -0.05) is 0 Å². The molecule has 0 aromatic heterocycles. The first-order valence-corrected chi connectivity index (χ1v) is 5.94. The number of carboxylic acid groups (broad SMARTS) is 1. The first kappa shape index (κ1) is 14.7. The minimum atomic E-state index is -1.29. The molecule has 0 aromatic carbocycles. The lowest BCUT2D eigenvalue weighted by atomic mass is 10.1. The Balaban J connectivity index is 2.55. The number of carbonyl (C=O) groups is 2. The zero-order valence-electron chi connectivity index (χ0n) is 10.6. The molecule has 104 valence electrons. The number of ether oxygens (including phenoxy) is 1. The van der Waals surface area contributed by atoms with Crippen molar-refractivity contribution in [1.29, 1.82) is 0 Å². The van der Waals surface area contributed by atoms with Crippen LogP contribution in [0.5, 0.6) is 0 Å². The summed E-state index contributed by atoms with van der Waals surface area (Å²) in [6, 6.07) is -1.77. The fourth-order valence-corrected chi connectivity index (χ4v) is 1.93. The van der Waals surface area contributed by atoms with Crippen LogP contribution in [-0.2, 0) is 9.53 Å². The third-order valence-corrected chi connectivity index (χ3v) is 3.03. The molecule has 1 fully saturated rings. The van der Waals surface area contributed by atoms with Crippen LogP contribution in [0.3, 0.4) is 0 Å². The van der Waals surface area contributed by atoms with E-state index in [4.69, 9.17) is 9.84 Å². The number of carbonyl (C=O) groups excluding carboxylic acids is 1. The lowest BCUT2D eigenvalue weighted by Crippen LogP contribution is -2.54. The van der Waals surface area contributed by atoms with Crippen LogP contribution in [0.25, 0.3) is 0 Å². The number of piperidine rings is 1. The molecule has 3 atom stereocenters. The maximum absolute atomic E-state index is 11.9. The summed E-state index contributed by atoms with van der Waals surface area (Å²) in [5, 5.41) is 20.5. The summed E-state index contributed by atoms with van der Waals surface area (Å²) in [6.07, 6.45) is 0.547. The van der Waals surface area contributed by atoms with E-state index in [1.807, 2.05) is 0 Å². The quantitative estimate of drug-likeness (QED) is 0.641. The van der Waals surface area contributed by atoms with Gasteiger partial charge in [0, 0.05) is 20.2 Å². The van der Waals surface area contributed by atoms with Gasteiger partial charge >= 0.3 is 12.0 Å². The van der Waals surface area contributed by atoms with Crippen molar-refractivity contribution in [2.24, 2.45) is 0 Å². The van der Waals surface area contributed by atoms with Crippen LogP contribution >= 0.6 is 0 Å². The molecule has 0 aromatic rings. The zero-order chi connectivity index (χ0) is 13.7. The van der Waals surface area contributed by atoms with E-state index in [0.29, 0.717) is 13.1 Å². The Bertz CT molecular complexity index is 308. The Morgan fingerprint density at radius 3 is 2.67 bits per heavy atom. The number of likely N-dealkylation sites (tertiary alicyclic amines) is 1. The number of methoxy groups -OCH3 is 1. The second kappa shape index (κ2) is 6.55. The second-order valence-electron chi connectivity index (χ2n) is 4.45. The molecular weight excluding hydrogens is 240 g/mol. The highest BCUT2D eigenvalue weighted by molar-refractivity contribution is 5.83. The van der Waals surface area contributed by atoms with Crippen molar-refractivity contribution in [3.63, 3.8) is 0 Å². The van der Waals surface area contributed by atoms with Gasteiger partial charge in [0.1, 0.15) is 0 Å². The summed E-state index contributed by atoms with van der Waals surface area (Å²) in [5.41, 5.74) is 0. The fourth-order valence-electron chi connectivity index (χ4n) is 1.93. The number of carboxylic acids is 1. The van der Waals surface area contributed by atoms with Crippen LogP contribution < -0.4 is 5.32 Å². The molecule has 7 nitrogen and oxygen atoms in total. The predicted molar refractivity (Wildman–Crippen MR) is 63.2 cm³/mol. The monoisotopic (exact) mass is 260 g/mol. The van der Waals surface area contributed by atoms with Gasteiger partial charge in [0.05, 0.1) is 12.2 Å². The van der Waals surface area contributed by atoms with Crippen LogP contribution in [0.4, 0.5) is 4.79 Å². The van der Waals surface area contributed by atoms with Gasteiger partial charge in [-0.2, -0.15) is 0 Å². The number of aliphatic carboxylic acids is 1. The third-order valence-electron chi connectivity index (χ3n) is 3.03. The molecule has 0 radical (unpaired) electrons. The topological polar surface area (TPSA) is 99.1 Å². The van der Waals surface area contributed by atoms with E-state index < -0.39 is 24.1 Å². The molecule has 3 N–H and O–H groups in total. The van der Waals surface area contributed by atoms with Crippen LogP contribution in [0.2, 0.25) is 0 Å². The van der Waals surface area contributed by atoms with Crippen LogP contribution in [0.15, 0.2) is 0 Å². The molecule has 1 aliphatic rings. The molecule has 0 spiro atoms. The molecule has 1 rings (SSSR count). The van der Waals surface area contributed by atoms with Crippen molar-refractivity contribution in [3.8, 4) is 0 Å². The lowest BCUT2D eigenvalue weighted by Gasteiger charge is -2.33. The van der Waals surface area contributed by atoms with Crippen molar-refractivity contribution < 1.29 is 24.5 Å². The number of nitrogens with one attached hydrogen (secondary N) is 1. The van der Waals surface area contributed by atoms with Crippen molar-refractivity contribution >= 4 is 12.0 Å². The smallest absolute Gasteiger partial charge is 0.328 e. The molecule has 1 aliphatic heterocycles. The van der Waals surface area contributed by atoms with E-state index in [9.17, 15) is 14.7 Å². The van der Waals surface area contributed by atoms with Crippen molar-refractivity contribution in [2.75, 3.05) is 20.2 Å². The average Bonchev–Trinajstić information content (AvgIpc) is 2.34. The fraction of sp³-hybridized carbons (Fsp3) is 0.818. The maximum Gasteiger partial charge on any atom is 0.328 e. The molecule has 2 amide bonds. The number of amides is 2. The van der Waals surface area contributed by atoms with Crippen LogP contribution in [0, 0.1) is 0 Å². The highest BCUT2D eigenvalue weighted by Gasteiger charge is 2.29. The number of nitrogens with zero attached hydrogens (tertiary/aromatic N) is 1. The van der Waals surface area contributed by atoms with E-state index in [2.05, 4.69) is 5.32 Å². The number of aliphatic hydroxyl groups excluding tert-OH is 1. The Kier molecular flexibility index (Phi) is 5.36. The predicted octanol–water partition coefficient (Wildman–Crippen LogP) is -0.359. The highest BCUT2D eigenvalue weighted by atomic mass is 16.5. The van der Waals surface area contributed by atoms with Crippen LogP contribution in [0.1, 0.15) is 19.8 Å². The van der Waals surface area contributed by atoms with E-state index >= 15 is 0 Å². The molecule has 18 heavy (non-hydrogen) atoms. The second-order valence-corrected chi connectivity index (χ2v) is 4.45. The average molecular weight is 260 g/mol. The van der Waals surface area contributed by atoms with Gasteiger partial charge in [0.25, 0.3) is 0 Å². The molecule has 0 bridgehead atoms. The minimum absolute atomic E-state index is 0.0145. The highest BCUT2D eigenvalue weighted by Crippen LogP contribution is 2.12. The zero-order valence-corrected chi connectivity index (χ0v) is 10.6. The van der Waals surface area contributed by atoms with E-state index in [-0.39, 0.29) is 6.10 Å². The third kappa shape index (κ3) is 3.85. The van der Waals surface area contributed by atoms with Gasteiger partial charge < -0.3 is 25.2 Å². The van der Waals surface area contributed by atoms with Gasteiger partial charge in [0.2, 0.25) is 0 Å². The molecule has 0 aliphatic carbocycles. The minimum Gasteiger partial charge on any atom is -0.480 e. The molecule has 1 unspecified atom stereocenters. The summed E-state index contributed by atoms with van der Waals surface area (Å²) in [7, 11) is 1.59. The Hall–Kier alpha value is -1.34. The number of hydrogen-bond donors (Lipinski definition) is 3. The number of aliphatic hydroxyl groups is 1. The largest absolute Gasteiger partial charge is 0.480 e. The SMILES string of the molecule is COC1CCCN(C(=O)N[C@H](C(=O)O)[C@@H](C)O)C1. The number of rotatable bonds is 4. The summed E-state index contributed by atoms with van der Waals surface area (Å²) in [5.74, 6) is -1.25. The van der Waals surface area contributed by atoms with E-state index in [0.717, 1.165) is 12.8 Å². The number of hydrogen-bond acceptors (Lipinski definition) is 4. The molecular formula is C11H20N2O5. The number of urea groups is 1. The Labute approximate surface area is 106 Å². The molecule has 1 heterocycles. The first-order chi connectivity index (χ1) is 8.45. The van der Waals surface area contributed by atoms with E-state index in [1.165, 1.54) is 11.8 Å². The standard InChI is InChI=1S/C11H20N2O5/c1-7(14)9(10(15)16)12-11(17)13-5-3-4-8(6-13)18-2/h7-9,14H,3-6H2,1-2H3,(H,12,17)(H,15,16)/t7-,8?,9+/m1/s1. The van der Waals surface area contributed by atoms with Gasteiger partial charge in [-0.15, -0.1) is 0 Å². The van der Waals surface area contributed by atoms with E-state index in [1.54, 1.807) is 7.11 Å². The van der Waals surface area contributed by atoms with Gasteiger partial charge in [-0.25, -0.2) is 9.59 Å². The van der Waals surface area contributed by atoms with Gasteiger partial charge in [0.15, 0.2) is 6.04 Å². The van der Waals surface area contributed by atoms with Crippen molar-refractivity contribution in [3.05, 3.63) is 0 Å². The first-order valence-electron chi connectivity index (χ1n) is 5.94. The maximum atomic E-state index is 11.9. The lowest BCUT2D eigenvalue weighted by molar-refractivity contribution is -0.141. The van der Waals surface area contributed by atoms with Crippen molar-refractivity contribution in [1.82, 2.24) is 10.2 Å². The summed E-state index contributed by atoms with van der Waals surface area (Å²) >= 11 is 0. The Morgan fingerprint density at radius 2 is 2.17 bits per heavy atom. The molecule has 0 saturated carbocycles. The summed E-state index contributed by atoms with van der Waals surface area (Å²) < 4.78 is 5.18. The van der Waals surface area contributed by atoms with Gasteiger partial charge in [-0.3, -0.25) is 0 Å². The normalized spacial score (nSPS) is 23.3. The van der Waals surface area contributed by atoms with Gasteiger partial charge in [-0.05, 0) is 19.8 Å². The van der Waals surface area contributed by atoms with Crippen molar-refractivity contribution in [2.45, 2.75) is 38.0 Å². The molecule has 1 saturated heterocycles.